The van der Waals surface area contributed by atoms with Gasteiger partial charge in [-0.1, -0.05) is 17.7 Å². The van der Waals surface area contributed by atoms with Crippen molar-refractivity contribution in [1.82, 2.24) is 9.88 Å². The van der Waals surface area contributed by atoms with E-state index in [1.807, 2.05) is 0 Å². The van der Waals surface area contributed by atoms with Crippen LogP contribution in [0.4, 0.5) is 4.39 Å². The van der Waals surface area contributed by atoms with Crippen molar-refractivity contribution in [3.8, 4) is 5.75 Å². The van der Waals surface area contributed by atoms with Gasteiger partial charge in [-0.15, -0.1) is 0 Å². The Bertz CT molecular complexity index is 1330. The van der Waals surface area contributed by atoms with E-state index < -0.39 is 23.7 Å². The molecule has 3 N–H and O–H groups in total. The van der Waals surface area contributed by atoms with E-state index in [0.29, 0.717) is 29.5 Å². The minimum Gasteiger partial charge on any atom is -0.507 e. The lowest BCUT2D eigenvalue weighted by Crippen LogP contribution is -2.35. The number of amides is 2. The van der Waals surface area contributed by atoms with Crippen LogP contribution >= 0.6 is 11.6 Å². The number of aromatic nitrogens is 1. The van der Waals surface area contributed by atoms with Gasteiger partial charge in [0.15, 0.2) is 5.78 Å². The average molecular weight is 482 g/mol. The molecule has 3 aromatic rings. The Labute approximate surface area is 200 Å². The predicted molar refractivity (Wildman–Crippen MR) is 123 cm³/mol. The maximum Gasteiger partial charge on any atom is 0.267 e. The standard InChI is InChI=1S/C25H21ClFN3O4/c1-13(31)14-4-7-22(32)19(9-14)25(34)30(12-15-3-2-8-29-23(15)24(28)33)21-6-5-17-18(21)10-16(26)11-20(17)27/h2-4,7-11,21,32H,5-6,12H2,1H3,(H2,28,33)/t21-/m1/s1. The first kappa shape index (κ1) is 23.4. The minimum atomic E-state index is -0.759. The van der Waals surface area contributed by atoms with Crippen LogP contribution in [0.15, 0.2) is 48.7 Å². The average Bonchev–Trinajstić information content (AvgIpc) is 3.21. The van der Waals surface area contributed by atoms with Crippen LogP contribution in [0.1, 0.15) is 67.3 Å². The molecule has 0 radical (unpaired) electrons. The lowest BCUT2D eigenvalue weighted by molar-refractivity contribution is 0.0652. The summed E-state index contributed by atoms with van der Waals surface area (Å²) in [6.45, 7) is 1.26. The van der Waals surface area contributed by atoms with Crippen molar-refractivity contribution in [3.63, 3.8) is 0 Å². The fourth-order valence-corrected chi connectivity index (χ4v) is 4.53. The summed E-state index contributed by atoms with van der Waals surface area (Å²) in [4.78, 5) is 43.1. The number of aromatic hydroxyl groups is 1. The number of phenols is 1. The van der Waals surface area contributed by atoms with Gasteiger partial charge in [0, 0.05) is 28.9 Å². The molecule has 0 saturated carbocycles. The lowest BCUT2D eigenvalue weighted by atomic mass is 10.0. The van der Waals surface area contributed by atoms with E-state index in [-0.39, 0.29) is 39.9 Å². The van der Waals surface area contributed by atoms with Crippen LogP contribution in [-0.2, 0) is 13.0 Å². The fraction of sp³-hybridized carbons (Fsp3) is 0.200. The summed E-state index contributed by atoms with van der Waals surface area (Å²) in [5.41, 5.74) is 7.02. The first-order valence-electron chi connectivity index (χ1n) is 10.5. The summed E-state index contributed by atoms with van der Waals surface area (Å²) in [6.07, 6.45) is 2.19. The number of benzene rings is 2. The highest BCUT2D eigenvalue weighted by Gasteiger charge is 2.35. The molecule has 4 rings (SSSR count). The molecule has 0 unspecified atom stereocenters. The van der Waals surface area contributed by atoms with Crippen molar-refractivity contribution < 1.29 is 23.9 Å². The zero-order valence-corrected chi connectivity index (χ0v) is 19.0. The zero-order chi connectivity index (χ0) is 24.6. The highest BCUT2D eigenvalue weighted by Crippen LogP contribution is 2.41. The quantitative estimate of drug-likeness (QED) is 0.512. The summed E-state index contributed by atoms with van der Waals surface area (Å²) in [5.74, 6) is -2.40. The van der Waals surface area contributed by atoms with E-state index in [9.17, 15) is 23.9 Å². The molecule has 1 heterocycles. The van der Waals surface area contributed by atoms with Gasteiger partial charge in [0.05, 0.1) is 11.6 Å². The molecule has 2 amide bonds. The third kappa shape index (κ3) is 4.36. The molecule has 0 saturated heterocycles. The normalized spacial score (nSPS) is 14.5. The topological polar surface area (TPSA) is 114 Å². The van der Waals surface area contributed by atoms with Crippen LogP contribution < -0.4 is 5.73 Å². The Kier molecular flexibility index (Phi) is 6.34. The third-order valence-electron chi connectivity index (χ3n) is 5.96. The smallest absolute Gasteiger partial charge is 0.267 e. The van der Waals surface area contributed by atoms with E-state index in [1.165, 1.54) is 42.3 Å². The van der Waals surface area contributed by atoms with Crippen molar-refractivity contribution in [2.24, 2.45) is 5.73 Å². The van der Waals surface area contributed by atoms with Crippen LogP contribution in [0.2, 0.25) is 5.02 Å². The van der Waals surface area contributed by atoms with E-state index in [4.69, 9.17) is 17.3 Å². The van der Waals surface area contributed by atoms with Crippen molar-refractivity contribution in [3.05, 3.63) is 93.0 Å². The summed E-state index contributed by atoms with van der Waals surface area (Å²) in [5, 5.41) is 10.6. The molecule has 2 aromatic carbocycles. The Hall–Kier alpha value is -3.78. The van der Waals surface area contributed by atoms with Gasteiger partial charge in [-0.05, 0) is 67.3 Å². The first-order valence-corrected chi connectivity index (χ1v) is 10.9. The second-order valence-electron chi connectivity index (χ2n) is 8.11. The predicted octanol–water partition coefficient (Wildman–Crippen LogP) is 4.21. The zero-order valence-electron chi connectivity index (χ0n) is 18.2. The number of pyridine rings is 1. The molecule has 0 spiro atoms. The van der Waals surface area contributed by atoms with Crippen molar-refractivity contribution in [2.75, 3.05) is 0 Å². The maximum atomic E-state index is 14.6. The van der Waals surface area contributed by atoms with Crippen LogP contribution in [0.25, 0.3) is 0 Å². The van der Waals surface area contributed by atoms with Crippen LogP contribution in [0.3, 0.4) is 0 Å². The SMILES string of the molecule is CC(=O)c1ccc(O)c(C(=O)N(Cc2cccnc2C(N)=O)[C@@H]2CCc3c(F)cc(Cl)cc32)c1. The number of hydrogen-bond acceptors (Lipinski definition) is 5. The molecule has 0 bridgehead atoms. The molecule has 0 fully saturated rings. The number of halogens is 2. The van der Waals surface area contributed by atoms with Gasteiger partial charge in [0.1, 0.15) is 17.3 Å². The molecule has 34 heavy (non-hydrogen) atoms. The largest absolute Gasteiger partial charge is 0.507 e. The summed E-state index contributed by atoms with van der Waals surface area (Å²) in [7, 11) is 0. The Morgan fingerprint density at radius 2 is 2.00 bits per heavy atom. The monoisotopic (exact) mass is 481 g/mol. The number of rotatable bonds is 6. The number of ketones is 1. The number of phenolic OH excluding ortho intramolecular Hbond substituents is 1. The molecule has 1 atom stereocenters. The maximum absolute atomic E-state index is 14.6. The van der Waals surface area contributed by atoms with Crippen LogP contribution in [-0.4, -0.2) is 32.6 Å². The molecule has 1 aliphatic rings. The number of carbonyl (C=O) groups excluding carboxylic acids is 3. The number of carbonyl (C=O) groups is 3. The van der Waals surface area contributed by atoms with Gasteiger partial charge in [0.2, 0.25) is 0 Å². The van der Waals surface area contributed by atoms with E-state index in [0.717, 1.165) is 0 Å². The van der Waals surface area contributed by atoms with Gasteiger partial charge < -0.3 is 15.7 Å². The number of primary amides is 1. The van der Waals surface area contributed by atoms with Crippen molar-refractivity contribution in [2.45, 2.75) is 32.4 Å². The lowest BCUT2D eigenvalue weighted by Gasteiger charge is -2.31. The Morgan fingerprint density at radius 1 is 1.24 bits per heavy atom. The van der Waals surface area contributed by atoms with Gasteiger partial charge in [-0.2, -0.15) is 0 Å². The molecule has 174 valence electrons. The van der Waals surface area contributed by atoms with Gasteiger partial charge in [0.25, 0.3) is 11.8 Å². The number of Topliss-reactive ketones (excluding diaryl/α,β-unsaturated/α-hetero) is 1. The Morgan fingerprint density at radius 3 is 2.71 bits per heavy atom. The number of hydrogen-bond donors (Lipinski definition) is 2. The van der Waals surface area contributed by atoms with Gasteiger partial charge in [-0.25, -0.2) is 4.39 Å². The second kappa shape index (κ2) is 9.23. The summed E-state index contributed by atoms with van der Waals surface area (Å²) in [6, 6.07) is 9.48. The van der Waals surface area contributed by atoms with Crippen LogP contribution in [0, 0.1) is 5.82 Å². The molecule has 1 aromatic heterocycles. The molecule has 1 aliphatic carbocycles. The van der Waals surface area contributed by atoms with Gasteiger partial charge >= 0.3 is 0 Å². The highest BCUT2D eigenvalue weighted by atomic mass is 35.5. The van der Waals surface area contributed by atoms with Crippen molar-refractivity contribution >= 4 is 29.2 Å². The minimum absolute atomic E-state index is 0.00231. The van der Waals surface area contributed by atoms with E-state index in [1.54, 1.807) is 18.2 Å². The highest BCUT2D eigenvalue weighted by molar-refractivity contribution is 6.30. The first-order chi connectivity index (χ1) is 16.2. The Balaban J connectivity index is 1.84. The fourth-order valence-electron chi connectivity index (χ4n) is 4.32. The molecular weight excluding hydrogens is 461 g/mol. The van der Waals surface area contributed by atoms with Crippen molar-refractivity contribution in [1.29, 1.82) is 0 Å². The number of nitrogens with zero attached hydrogens (tertiary/aromatic N) is 2. The van der Waals surface area contributed by atoms with E-state index >= 15 is 0 Å². The molecular formula is C25H21ClFN3O4. The summed E-state index contributed by atoms with van der Waals surface area (Å²) >= 11 is 6.11. The molecule has 7 nitrogen and oxygen atoms in total. The third-order valence-corrected chi connectivity index (χ3v) is 6.18. The van der Waals surface area contributed by atoms with Crippen LogP contribution in [0.5, 0.6) is 5.75 Å². The molecule has 0 aliphatic heterocycles. The number of nitrogens with two attached hydrogens (primary N) is 1. The summed E-state index contributed by atoms with van der Waals surface area (Å²) < 4.78 is 14.6. The number of fused-ring (bicyclic) bond motifs is 1. The molecule has 9 heteroatoms. The van der Waals surface area contributed by atoms with E-state index in [2.05, 4.69) is 4.98 Å². The van der Waals surface area contributed by atoms with Gasteiger partial charge in [-0.3, -0.25) is 19.4 Å². The second-order valence-corrected chi connectivity index (χ2v) is 8.54.